The van der Waals surface area contributed by atoms with Crippen LogP contribution in [0.5, 0.6) is 5.75 Å². The molecular formula is C25H29NO3S. The summed E-state index contributed by atoms with van der Waals surface area (Å²) in [5.74, 6) is 0.202. The van der Waals surface area contributed by atoms with Crippen molar-refractivity contribution in [2.75, 3.05) is 11.5 Å². The zero-order chi connectivity index (χ0) is 22.1. The maximum absolute atomic E-state index is 13.4. The van der Waals surface area contributed by atoms with E-state index in [2.05, 4.69) is 20.8 Å². The molecule has 0 fully saturated rings. The van der Waals surface area contributed by atoms with Gasteiger partial charge in [-0.25, -0.2) is 4.90 Å². The fraction of sp³-hybridized carbons (Fsp3) is 0.360. The van der Waals surface area contributed by atoms with Crippen LogP contribution in [0.3, 0.4) is 0 Å². The predicted molar refractivity (Wildman–Crippen MR) is 125 cm³/mol. The number of benzene rings is 2. The van der Waals surface area contributed by atoms with Crippen LogP contribution in [0, 0.1) is 0 Å². The largest absolute Gasteiger partial charge is 0.494 e. The van der Waals surface area contributed by atoms with Gasteiger partial charge in [0.1, 0.15) is 5.75 Å². The highest BCUT2D eigenvalue weighted by Crippen LogP contribution is 2.40. The number of nitrogens with zero attached hydrogens (tertiary/aromatic N) is 1. The Morgan fingerprint density at radius 2 is 1.53 bits per heavy atom. The highest BCUT2D eigenvalue weighted by Gasteiger charge is 2.40. The number of hydrogen-bond donors (Lipinski definition) is 0. The summed E-state index contributed by atoms with van der Waals surface area (Å²) in [4.78, 5) is 28.5. The normalized spacial score (nSPS) is 14.8. The van der Waals surface area contributed by atoms with Crippen LogP contribution < -0.4 is 9.64 Å². The Morgan fingerprint density at radius 3 is 2.03 bits per heavy atom. The van der Waals surface area contributed by atoms with Crippen molar-refractivity contribution in [3.63, 3.8) is 0 Å². The number of ether oxygens (including phenoxy) is 1. The van der Waals surface area contributed by atoms with Gasteiger partial charge in [-0.2, -0.15) is 0 Å². The lowest BCUT2D eigenvalue weighted by atomic mass is 9.87. The highest BCUT2D eigenvalue weighted by atomic mass is 32.2. The molecule has 1 heterocycles. The van der Waals surface area contributed by atoms with Gasteiger partial charge in [-0.05, 0) is 47.7 Å². The summed E-state index contributed by atoms with van der Waals surface area (Å²) in [6.07, 6.45) is 0. The summed E-state index contributed by atoms with van der Waals surface area (Å²) in [5, 5.41) is 0.178. The zero-order valence-corrected chi connectivity index (χ0v) is 19.3. The number of imide groups is 1. The topological polar surface area (TPSA) is 46.6 Å². The van der Waals surface area contributed by atoms with Crippen LogP contribution in [-0.4, -0.2) is 23.7 Å². The van der Waals surface area contributed by atoms with Crippen molar-refractivity contribution < 1.29 is 14.3 Å². The Balaban J connectivity index is 2.01. The molecule has 1 aliphatic rings. The zero-order valence-electron chi connectivity index (χ0n) is 18.5. The van der Waals surface area contributed by atoms with E-state index < -0.39 is 0 Å². The molecule has 2 amide bonds. The molecule has 1 aliphatic heterocycles. The molecule has 30 heavy (non-hydrogen) atoms. The van der Waals surface area contributed by atoms with Crippen LogP contribution in [0.15, 0.2) is 53.4 Å². The molecule has 3 rings (SSSR count). The minimum absolute atomic E-state index is 0.00191. The highest BCUT2D eigenvalue weighted by molar-refractivity contribution is 8.04. The second kappa shape index (κ2) is 8.68. The van der Waals surface area contributed by atoms with E-state index in [0.717, 1.165) is 16.9 Å². The lowest BCUT2D eigenvalue weighted by Crippen LogP contribution is -2.31. The Hall–Kier alpha value is -2.53. The molecule has 2 aromatic carbocycles. The van der Waals surface area contributed by atoms with Gasteiger partial charge in [-0.3, -0.25) is 9.59 Å². The summed E-state index contributed by atoms with van der Waals surface area (Å²) >= 11 is 1.43. The van der Waals surface area contributed by atoms with E-state index in [9.17, 15) is 9.59 Å². The van der Waals surface area contributed by atoms with Gasteiger partial charge in [0.05, 0.1) is 22.8 Å². The van der Waals surface area contributed by atoms with Crippen molar-refractivity contribution in [2.24, 2.45) is 0 Å². The molecule has 0 N–H and O–H groups in total. The predicted octanol–water partition coefficient (Wildman–Crippen LogP) is 5.81. The molecule has 5 heteroatoms. The van der Waals surface area contributed by atoms with Crippen LogP contribution in [0.4, 0.5) is 5.69 Å². The van der Waals surface area contributed by atoms with Crippen LogP contribution >= 0.6 is 11.8 Å². The standard InChI is InChI=1S/C25H29NO3S/c1-7-29-20-14-8-17(9-15-20)21-22(30-16(2)3)24(28)26(23(21)27)19-12-10-18(11-13-19)25(4,5)6/h8-16H,7H2,1-6H3. The van der Waals surface area contributed by atoms with Crippen molar-refractivity contribution in [3.8, 4) is 5.75 Å². The van der Waals surface area contributed by atoms with Crippen LogP contribution in [0.1, 0.15) is 52.7 Å². The van der Waals surface area contributed by atoms with E-state index in [-0.39, 0.29) is 22.5 Å². The van der Waals surface area contributed by atoms with Crippen molar-refractivity contribution >= 4 is 34.8 Å². The van der Waals surface area contributed by atoms with Gasteiger partial charge in [-0.15, -0.1) is 11.8 Å². The van der Waals surface area contributed by atoms with Gasteiger partial charge in [0.2, 0.25) is 0 Å². The third-order valence-corrected chi connectivity index (χ3v) is 5.93. The van der Waals surface area contributed by atoms with Gasteiger partial charge in [0.25, 0.3) is 11.8 Å². The third-order valence-electron chi connectivity index (χ3n) is 4.84. The second-order valence-electron chi connectivity index (χ2n) is 8.57. The smallest absolute Gasteiger partial charge is 0.272 e. The van der Waals surface area contributed by atoms with E-state index in [1.54, 1.807) is 0 Å². The molecule has 0 saturated heterocycles. The minimum atomic E-state index is -0.282. The second-order valence-corrected chi connectivity index (χ2v) is 10.2. The summed E-state index contributed by atoms with van der Waals surface area (Å²) in [6.45, 7) is 12.9. The molecule has 4 nitrogen and oxygen atoms in total. The summed E-state index contributed by atoms with van der Waals surface area (Å²) < 4.78 is 5.51. The first-order valence-electron chi connectivity index (χ1n) is 10.3. The van der Waals surface area contributed by atoms with Crippen molar-refractivity contribution in [1.29, 1.82) is 0 Å². The number of thioether (sulfide) groups is 1. The first-order chi connectivity index (χ1) is 14.1. The molecule has 0 unspecified atom stereocenters. The summed E-state index contributed by atoms with van der Waals surface area (Å²) in [7, 11) is 0. The fourth-order valence-corrected chi connectivity index (χ4v) is 4.33. The maximum Gasteiger partial charge on any atom is 0.272 e. The molecule has 2 aromatic rings. The average Bonchev–Trinajstić information content (AvgIpc) is 2.91. The minimum Gasteiger partial charge on any atom is -0.494 e. The van der Waals surface area contributed by atoms with Crippen molar-refractivity contribution in [1.82, 2.24) is 0 Å². The molecule has 0 aliphatic carbocycles. The number of anilines is 1. The average molecular weight is 424 g/mol. The number of carbonyl (C=O) groups excluding carboxylic acids is 2. The van der Waals surface area contributed by atoms with Gasteiger partial charge >= 0.3 is 0 Å². The van der Waals surface area contributed by atoms with E-state index in [0.29, 0.717) is 22.8 Å². The van der Waals surface area contributed by atoms with E-state index in [1.807, 2.05) is 69.3 Å². The lowest BCUT2D eigenvalue weighted by molar-refractivity contribution is -0.119. The molecule has 0 atom stereocenters. The van der Waals surface area contributed by atoms with Gasteiger partial charge in [0, 0.05) is 5.25 Å². The maximum atomic E-state index is 13.4. The van der Waals surface area contributed by atoms with Crippen molar-refractivity contribution in [3.05, 3.63) is 64.6 Å². The quantitative estimate of drug-likeness (QED) is 0.550. The molecule has 0 saturated carbocycles. The molecule has 0 bridgehead atoms. The molecular weight excluding hydrogens is 394 g/mol. The van der Waals surface area contributed by atoms with Gasteiger partial charge in [-0.1, -0.05) is 58.9 Å². The van der Waals surface area contributed by atoms with E-state index >= 15 is 0 Å². The first kappa shape index (κ1) is 22.2. The fourth-order valence-electron chi connectivity index (χ4n) is 3.34. The molecule has 0 spiro atoms. The Morgan fingerprint density at radius 1 is 0.933 bits per heavy atom. The summed E-state index contributed by atoms with van der Waals surface area (Å²) in [6, 6.07) is 15.0. The number of carbonyl (C=O) groups is 2. The molecule has 158 valence electrons. The Bertz CT molecular complexity index is 967. The lowest BCUT2D eigenvalue weighted by Gasteiger charge is -2.21. The van der Waals surface area contributed by atoms with E-state index in [1.165, 1.54) is 16.7 Å². The number of amides is 2. The van der Waals surface area contributed by atoms with E-state index in [4.69, 9.17) is 4.74 Å². The SMILES string of the molecule is CCOc1ccc(C2=C(SC(C)C)C(=O)N(c3ccc(C(C)(C)C)cc3)C2=O)cc1. The number of hydrogen-bond acceptors (Lipinski definition) is 4. The summed E-state index contributed by atoms with van der Waals surface area (Å²) in [5.41, 5.74) is 2.94. The van der Waals surface area contributed by atoms with Crippen LogP contribution in [-0.2, 0) is 15.0 Å². The first-order valence-corrected chi connectivity index (χ1v) is 11.1. The van der Waals surface area contributed by atoms with Gasteiger partial charge < -0.3 is 4.74 Å². The third kappa shape index (κ3) is 4.46. The Kier molecular flexibility index (Phi) is 6.41. The number of rotatable bonds is 6. The van der Waals surface area contributed by atoms with Gasteiger partial charge in [0.15, 0.2) is 0 Å². The van der Waals surface area contributed by atoms with Crippen molar-refractivity contribution in [2.45, 2.75) is 52.2 Å². The molecule has 0 aromatic heterocycles. The van der Waals surface area contributed by atoms with Crippen LogP contribution in [0.25, 0.3) is 5.57 Å². The monoisotopic (exact) mass is 423 g/mol. The Labute approximate surface area is 183 Å². The molecule has 0 radical (unpaired) electrons. The van der Waals surface area contributed by atoms with Crippen LogP contribution in [0.2, 0.25) is 0 Å².